The first-order valence-electron chi connectivity index (χ1n) is 6.84. The average molecular weight is 333 g/mol. The summed E-state index contributed by atoms with van der Waals surface area (Å²) in [5.74, 6) is 0.0100. The maximum atomic E-state index is 12.3. The van der Waals surface area contributed by atoms with Crippen LogP contribution in [-0.4, -0.2) is 28.9 Å². The van der Waals surface area contributed by atoms with Crippen molar-refractivity contribution in [3.63, 3.8) is 0 Å². The Hall–Kier alpha value is -1.91. The molecule has 5 heteroatoms. The fourth-order valence-electron chi connectivity index (χ4n) is 2.00. The fourth-order valence-corrected chi connectivity index (χ4v) is 3.14. The van der Waals surface area contributed by atoms with Gasteiger partial charge >= 0.3 is 0 Å². The number of nitrogens with zero attached hydrogens (tertiary/aromatic N) is 2. The van der Waals surface area contributed by atoms with E-state index in [-0.39, 0.29) is 12.3 Å². The molecule has 0 aliphatic carbocycles. The van der Waals surface area contributed by atoms with Crippen LogP contribution in [0.4, 0.5) is 0 Å². The van der Waals surface area contributed by atoms with Gasteiger partial charge in [-0.2, -0.15) is 0 Å². The summed E-state index contributed by atoms with van der Waals surface area (Å²) < 4.78 is 0. The summed E-state index contributed by atoms with van der Waals surface area (Å²) in [5, 5.41) is 3.39. The van der Waals surface area contributed by atoms with Gasteiger partial charge in [0.25, 0.3) is 0 Å². The van der Waals surface area contributed by atoms with Crippen LogP contribution in [0.15, 0.2) is 55.0 Å². The van der Waals surface area contributed by atoms with Crippen molar-refractivity contribution in [1.82, 2.24) is 9.88 Å². The van der Waals surface area contributed by atoms with Gasteiger partial charge in [0.15, 0.2) is 0 Å². The van der Waals surface area contributed by atoms with Crippen molar-refractivity contribution < 1.29 is 4.79 Å². The molecule has 1 aromatic carbocycles. The highest BCUT2D eigenvalue weighted by Crippen LogP contribution is 2.30. The second kappa shape index (κ2) is 7.92. The molecule has 0 fully saturated rings. The third-order valence-corrected chi connectivity index (χ3v) is 4.29. The van der Waals surface area contributed by atoms with Crippen molar-refractivity contribution >= 4 is 28.8 Å². The van der Waals surface area contributed by atoms with Gasteiger partial charge in [-0.25, -0.2) is 4.98 Å². The van der Waals surface area contributed by atoms with Crippen LogP contribution in [0.25, 0.3) is 10.6 Å². The van der Waals surface area contributed by atoms with Gasteiger partial charge in [-0.05, 0) is 6.07 Å². The first-order valence-corrected chi connectivity index (χ1v) is 8.10. The third kappa shape index (κ3) is 4.06. The van der Waals surface area contributed by atoms with Crippen LogP contribution < -0.4 is 0 Å². The van der Waals surface area contributed by atoms with Gasteiger partial charge in [-0.15, -0.1) is 24.5 Å². The molecule has 0 saturated carbocycles. The van der Waals surface area contributed by atoms with Crippen molar-refractivity contribution in [3.05, 3.63) is 65.7 Å². The number of rotatable bonds is 7. The SMILES string of the molecule is C=CCN(CC=C)C(=O)Cc1csc(-c2ccccc2Cl)n1. The Labute approximate surface area is 139 Å². The smallest absolute Gasteiger partial charge is 0.229 e. The van der Waals surface area contributed by atoms with Crippen molar-refractivity contribution in [2.75, 3.05) is 13.1 Å². The monoisotopic (exact) mass is 332 g/mol. The minimum atomic E-state index is 0.0100. The maximum absolute atomic E-state index is 12.3. The Kier molecular flexibility index (Phi) is 5.92. The summed E-state index contributed by atoms with van der Waals surface area (Å²) in [6.45, 7) is 8.35. The molecule has 0 aliphatic heterocycles. The molecule has 0 unspecified atom stereocenters. The number of amides is 1. The number of hydrogen-bond donors (Lipinski definition) is 0. The van der Waals surface area contributed by atoms with Gasteiger partial charge in [0, 0.05) is 24.0 Å². The molecule has 2 rings (SSSR count). The number of benzene rings is 1. The number of thiazole rings is 1. The highest BCUT2D eigenvalue weighted by molar-refractivity contribution is 7.13. The second-order valence-electron chi connectivity index (χ2n) is 4.68. The van der Waals surface area contributed by atoms with E-state index in [0.717, 1.165) is 16.3 Å². The lowest BCUT2D eigenvalue weighted by Crippen LogP contribution is -2.32. The Morgan fingerprint density at radius 1 is 1.27 bits per heavy atom. The first kappa shape index (κ1) is 16.5. The van der Waals surface area contributed by atoms with E-state index < -0.39 is 0 Å². The molecule has 1 amide bonds. The zero-order valence-electron chi connectivity index (χ0n) is 12.2. The van der Waals surface area contributed by atoms with E-state index in [1.54, 1.807) is 17.1 Å². The largest absolute Gasteiger partial charge is 0.335 e. The molecule has 0 aliphatic rings. The van der Waals surface area contributed by atoms with Gasteiger partial charge in [-0.1, -0.05) is 42.0 Å². The molecule has 3 nitrogen and oxygen atoms in total. The predicted molar refractivity (Wildman–Crippen MR) is 93.2 cm³/mol. The molecule has 0 N–H and O–H groups in total. The summed E-state index contributed by atoms with van der Waals surface area (Å²) in [4.78, 5) is 18.5. The van der Waals surface area contributed by atoms with E-state index in [2.05, 4.69) is 18.1 Å². The summed E-state index contributed by atoms with van der Waals surface area (Å²) >= 11 is 7.67. The van der Waals surface area contributed by atoms with Crippen LogP contribution >= 0.6 is 22.9 Å². The van der Waals surface area contributed by atoms with Crippen molar-refractivity contribution in [2.45, 2.75) is 6.42 Å². The lowest BCUT2D eigenvalue weighted by Gasteiger charge is -2.18. The van der Waals surface area contributed by atoms with Gasteiger partial charge in [-0.3, -0.25) is 4.79 Å². The molecular weight excluding hydrogens is 316 g/mol. The van der Waals surface area contributed by atoms with E-state index in [0.29, 0.717) is 18.1 Å². The highest BCUT2D eigenvalue weighted by Gasteiger charge is 2.14. The molecule has 0 saturated heterocycles. The molecule has 2 aromatic rings. The fraction of sp³-hybridized carbons (Fsp3) is 0.176. The summed E-state index contributed by atoms with van der Waals surface area (Å²) in [5.41, 5.74) is 1.64. The van der Waals surface area contributed by atoms with Crippen LogP contribution in [0, 0.1) is 0 Å². The van der Waals surface area contributed by atoms with Crippen molar-refractivity contribution in [1.29, 1.82) is 0 Å². The van der Waals surface area contributed by atoms with E-state index in [1.165, 1.54) is 11.3 Å². The summed E-state index contributed by atoms with van der Waals surface area (Å²) in [6, 6.07) is 7.56. The zero-order chi connectivity index (χ0) is 15.9. The number of carbonyl (C=O) groups is 1. The second-order valence-corrected chi connectivity index (χ2v) is 5.94. The van der Waals surface area contributed by atoms with Crippen LogP contribution in [0.3, 0.4) is 0 Å². The Morgan fingerprint density at radius 3 is 2.59 bits per heavy atom. The van der Waals surface area contributed by atoms with Gasteiger partial charge in [0.05, 0.1) is 17.1 Å². The van der Waals surface area contributed by atoms with E-state index in [1.807, 2.05) is 29.6 Å². The van der Waals surface area contributed by atoms with Crippen molar-refractivity contribution in [2.24, 2.45) is 0 Å². The summed E-state index contributed by atoms with van der Waals surface area (Å²) in [6.07, 6.45) is 3.68. The predicted octanol–water partition coefficient (Wildman–Crippen LogP) is 4.21. The van der Waals surface area contributed by atoms with Crippen LogP contribution in [0.1, 0.15) is 5.69 Å². The third-order valence-electron chi connectivity index (χ3n) is 3.04. The topological polar surface area (TPSA) is 33.2 Å². The quantitative estimate of drug-likeness (QED) is 0.712. The zero-order valence-corrected chi connectivity index (χ0v) is 13.7. The van der Waals surface area contributed by atoms with E-state index in [9.17, 15) is 4.79 Å². The van der Waals surface area contributed by atoms with E-state index >= 15 is 0 Å². The lowest BCUT2D eigenvalue weighted by atomic mass is 10.2. The van der Waals surface area contributed by atoms with Crippen molar-refractivity contribution in [3.8, 4) is 10.6 Å². The minimum Gasteiger partial charge on any atom is -0.335 e. The van der Waals surface area contributed by atoms with Gasteiger partial charge in [0.2, 0.25) is 5.91 Å². The number of halogens is 1. The number of aromatic nitrogens is 1. The molecule has 0 spiro atoms. The normalized spacial score (nSPS) is 10.2. The molecule has 1 aromatic heterocycles. The lowest BCUT2D eigenvalue weighted by molar-refractivity contribution is -0.129. The van der Waals surface area contributed by atoms with E-state index in [4.69, 9.17) is 11.6 Å². The summed E-state index contributed by atoms with van der Waals surface area (Å²) in [7, 11) is 0. The van der Waals surface area contributed by atoms with Crippen LogP contribution in [0.2, 0.25) is 5.02 Å². The molecule has 114 valence electrons. The molecule has 1 heterocycles. The molecular formula is C17H17ClN2OS. The van der Waals surface area contributed by atoms with Gasteiger partial charge < -0.3 is 4.90 Å². The standard InChI is InChI=1S/C17H17ClN2OS/c1-3-9-20(10-4-2)16(21)11-13-12-22-17(19-13)14-7-5-6-8-15(14)18/h3-8,12H,1-2,9-11H2. The maximum Gasteiger partial charge on any atom is 0.229 e. The molecule has 0 atom stereocenters. The number of hydrogen-bond acceptors (Lipinski definition) is 3. The molecule has 0 radical (unpaired) electrons. The average Bonchev–Trinajstić information content (AvgIpc) is 2.95. The highest BCUT2D eigenvalue weighted by atomic mass is 35.5. The molecule has 22 heavy (non-hydrogen) atoms. The Bertz CT molecular complexity index is 671. The Balaban J connectivity index is 2.12. The van der Waals surface area contributed by atoms with Crippen LogP contribution in [-0.2, 0) is 11.2 Å². The van der Waals surface area contributed by atoms with Gasteiger partial charge in [0.1, 0.15) is 5.01 Å². The van der Waals surface area contributed by atoms with Crippen LogP contribution in [0.5, 0.6) is 0 Å². The molecule has 0 bridgehead atoms. The first-order chi connectivity index (χ1) is 10.7. The number of carbonyl (C=O) groups excluding carboxylic acids is 1. The minimum absolute atomic E-state index is 0.0100. The Morgan fingerprint density at radius 2 is 1.95 bits per heavy atom.